The predicted octanol–water partition coefficient (Wildman–Crippen LogP) is 0.128. The minimum Gasteiger partial charge on any atom is -0.479 e. The van der Waals surface area contributed by atoms with Gasteiger partial charge in [-0.2, -0.15) is 13.2 Å². The first-order valence-corrected chi connectivity index (χ1v) is 17.8. The van der Waals surface area contributed by atoms with Gasteiger partial charge in [-0.3, -0.25) is 9.59 Å². The second-order valence-corrected chi connectivity index (χ2v) is 14.2. The zero-order valence-electron chi connectivity index (χ0n) is 29.3. The summed E-state index contributed by atoms with van der Waals surface area (Å²) in [5, 5.41) is 64.5. The normalized spacial score (nSPS) is 39.8. The summed E-state index contributed by atoms with van der Waals surface area (Å²) < 4.78 is 75.7. The van der Waals surface area contributed by atoms with E-state index in [1.54, 1.807) is 12.2 Å². The van der Waals surface area contributed by atoms with Crippen LogP contribution in [0, 0.1) is 17.8 Å². The van der Waals surface area contributed by atoms with E-state index in [0.717, 1.165) is 26.4 Å². The molecule has 0 radical (unpaired) electrons. The molecule has 2 saturated heterocycles. The number of halogens is 3. The topological polar surface area (TPSA) is 240 Å². The van der Waals surface area contributed by atoms with Crippen LogP contribution in [0.15, 0.2) is 0 Å². The van der Waals surface area contributed by atoms with Gasteiger partial charge in [-0.1, -0.05) is 45.4 Å². The maximum atomic E-state index is 13.7. The molecule has 0 aromatic heterocycles. The van der Waals surface area contributed by atoms with Crippen molar-refractivity contribution >= 4 is 17.8 Å². The lowest BCUT2D eigenvalue weighted by Gasteiger charge is -2.49. The number of nitrogens with one attached hydrogen (secondary N) is 1. The second-order valence-electron chi connectivity index (χ2n) is 14.2. The zero-order valence-corrected chi connectivity index (χ0v) is 29.3. The van der Waals surface area contributed by atoms with Crippen LogP contribution in [0.5, 0.6) is 0 Å². The number of rotatable bonds is 13. The standard InChI is InChI=1S/C33H52F3NO15/c1-4-16-11-17(29(45)47-3)12-18(26(16)52-31-25(42)24(41)22(39)14(2)48-31)50-30-21(37-32(46)33(34,35)36)27(23(40)20(13-38)51-30)49-19(28(43)44)10-15-8-6-5-7-9-15/h14-27,30-31,38-42H,4-13H2,1-3H3,(H,37,46)(H,43,44)/t14-,16+,17?,18+,19-,20-,21?,22?,23-,24-,25-,26?,27?,30+,31?/m0/s1. The highest BCUT2D eigenvalue weighted by molar-refractivity contribution is 5.82. The fourth-order valence-corrected chi connectivity index (χ4v) is 7.72. The Morgan fingerprint density at radius 3 is 2.15 bits per heavy atom. The monoisotopic (exact) mass is 759 g/mol. The second kappa shape index (κ2) is 18.4. The highest BCUT2D eigenvalue weighted by Crippen LogP contribution is 2.40. The van der Waals surface area contributed by atoms with Gasteiger partial charge in [0.05, 0.1) is 37.9 Å². The summed E-state index contributed by atoms with van der Waals surface area (Å²) in [5.41, 5.74) is 0. The molecule has 15 atom stereocenters. The van der Waals surface area contributed by atoms with Gasteiger partial charge < -0.3 is 64.4 Å². The van der Waals surface area contributed by atoms with Crippen molar-refractivity contribution in [2.45, 2.75) is 157 Å². The lowest BCUT2D eigenvalue weighted by Crippen LogP contribution is -2.68. The molecule has 1 amide bonds. The SMILES string of the molecule is CC[C@@H]1CC(C(=O)OC)C[C@@H](O[C@@H]2O[C@@H](CO)[C@H](O)C(O[C@@H](CC3CCCCC3)C(=O)O)C2NC(=O)C(F)(F)F)C1OC1O[C@@H](C)C(O)[C@H](O)[C@@H]1O. The largest absolute Gasteiger partial charge is 0.479 e. The average molecular weight is 760 g/mol. The van der Waals surface area contributed by atoms with E-state index in [4.69, 9.17) is 28.4 Å². The van der Waals surface area contributed by atoms with Crippen LogP contribution >= 0.6 is 0 Å². The number of aliphatic hydroxyl groups excluding tert-OH is 5. The van der Waals surface area contributed by atoms with E-state index in [9.17, 15) is 58.2 Å². The molecule has 6 unspecified atom stereocenters. The molecule has 0 aromatic rings. The van der Waals surface area contributed by atoms with Crippen LogP contribution in [0.2, 0.25) is 0 Å². The van der Waals surface area contributed by atoms with Crippen molar-refractivity contribution < 1.29 is 86.6 Å². The molecule has 2 saturated carbocycles. The molecule has 7 N–H and O–H groups in total. The first-order valence-electron chi connectivity index (χ1n) is 17.8. The number of alkyl halides is 3. The van der Waals surface area contributed by atoms with Gasteiger partial charge in [0.15, 0.2) is 18.7 Å². The molecular weight excluding hydrogens is 707 g/mol. The molecule has 0 aromatic carbocycles. The maximum absolute atomic E-state index is 13.7. The summed E-state index contributed by atoms with van der Waals surface area (Å²) in [7, 11) is 1.16. The van der Waals surface area contributed by atoms with E-state index in [1.807, 2.05) is 0 Å². The summed E-state index contributed by atoms with van der Waals surface area (Å²) in [6.07, 6.45) is -20.0. The van der Waals surface area contributed by atoms with E-state index in [1.165, 1.54) is 6.92 Å². The molecule has 2 aliphatic carbocycles. The van der Waals surface area contributed by atoms with Gasteiger partial charge in [0.25, 0.3) is 0 Å². The Bertz CT molecular complexity index is 1190. The third-order valence-corrected chi connectivity index (χ3v) is 10.7. The molecule has 2 heterocycles. The molecule has 4 fully saturated rings. The lowest BCUT2D eigenvalue weighted by atomic mass is 9.76. The van der Waals surface area contributed by atoms with E-state index in [-0.39, 0.29) is 25.2 Å². The molecular formula is C33H52F3NO15. The van der Waals surface area contributed by atoms with Gasteiger partial charge >= 0.3 is 24.0 Å². The van der Waals surface area contributed by atoms with Crippen molar-refractivity contribution in [2.24, 2.45) is 17.8 Å². The van der Waals surface area contributed by atoms with E-state index in [0.29, 0.717) is 19.3 Å². The Morgan fingerprint density at radius 1 is 0.904 bits per heavy atom. The summed E-state index contributed by atoms with van der Waals surface area (Å²) in [6.45, 7) is 2.26. The fraction of sp³-hybridized carbons (Fsp3) is 0.909. The highest BCUT2D eigenvalue weighted by Gasteiger charge is 2.54. The quantitative estimate of drug-likeness (QED) is 0.124. The number of carbonyl (C=O) groups is 3. The van der Waals surface area contributed by atoms with Crippen molar-refractivity contribution in [3.63, 3.8) is 0 Å². The number of hydrogen-bond acceptors (Lipinski definition) is 14. The minimum atomic E-state index is -5.45. The Kier molecular flexibility index (Phi) is 15.1. The molecule has 0 spiro atoms. The van der Waals surface area contributed by atoms with E-state index < -0.39 is 122 Å². The summed E-state index contributed by atoms with van der Waals surface area (Å²) in [6, 6.07) is -2.02. The number of carboxylic acid groups (broad SMARTS) is 1. The Labute approximate surface area is 298 Å². The van der Waals surface area contributed by atoms with Crippen molar-refractivity contribution in [2.75, 3.05) is 13.7 Å². The van der Waals surface area contributed by atoms with Gasteiger partial charge in [0.2, 0.25) is 0 Å². The average Bonchev–Trinajstić information content (AvgIpc) is 3.11. The Morgan fingerprint density at radius 2 is 1.58 bits per heavy atom. The zero-order chi connectivity index (χ0) is 38.5. The lowest BCUT2D eigenvalue weighted by molar-refractivity contribution is -0.339. The highest BCUT2D eigenvalue weighted by atomic mass is 19.4. The molecule has 4 aliphatic rings. The smallest absolute Gasteiger partial charge is 0.471 e. The predicted molar refractivity (Wildman–Crippen MR) is 168 cm³/mol. The van der Waals surface area contributed by atoms with Crippen LogP contribution < -0.4 is 5.32 Å². The van der Waals surface area contributed by atoms with Crippen LogP contribution in [0.3, 0.4) is 0 Å². The van der Waals surface area contributed by atoms with Crippen molar-refractivity contribution in [3.05, 3.63) is 0 Å². The number of esters is 1. The summed E-state index contributed by atoms with van der Waals surface area (Å²) in [5.74, 6) is -6.07. The molecule has 300 valence electrons. The number of carbonyl (C=O) groups excluding carboxylic acids is 2. The molecule has 4 rings (SSSR count). The first-order chi connectivity index (χ1) is 24.5. The number of aliphatic hydroxyl groups is 5. The number of methoxy groups -OCH3 is 1. The van der Waals surface area contributed by atoms with Crippen molar-refractivity contribution in [1.82, 2.24) is 5.32 Å². The first kappa shape index (κ1) is 42.5. The Hall–Kier alpha value is -2.20. The van der Waals surface area contributed by atoms with Gasteiger partial charge in [-0.15, -0.1) is 0 Å². The number of aliphatic carboxylic acids is 1. The van der Waals surface area contributed by atoms with E-state index >= 15 is 0 Å². The number of carboxylic acids is 1. The van der Waals surface area contributed by atoms with Crippen LogP contribution in [0.25, 0.3) is 0 Å². The third kappa shape index (κ3) is 10.1. The fourth-order valence-electron chi connectivity index (χ4n) is 7.72. The van der Waals surface area contributed by atoms with Crippen LogP contribution in [0.1, 0.15) is 71.6 Å². The van der Waals surface area contributed by atoms with E-state index in [2.05, 4.69) is 0 Å². The number of hydrogen-bond donors (Lipinski definition) is 7. The minimum absolute atomic E-state index is 0.0329. The number of amides is 1. The van der Waals surface area contributed by atoms with Gasteiger partial charge in [-0.25, -0.2) is 4.79 Å². The maximum Gasteiger partial charge on any atom is 0.471 e. The molecule has 16 nitrogen and oxygen atoms in total. The van der Waals surface area contributed by atoms with Gasteiger partial charge in [-0.05, 0) is 38.0 Å². The van der Waals surface area contributed by atoms with Gasteiger partial charge in [0.1, 0.15) is 42.7 Å². The van der Waals surface area contributed by atoms with Crippen molar-refractivity contribution in [1.29, 1.82) is 0 Å². The Balaban J connectivity index is 1.71. The third-order valence-electron chi connectivity index (χ3n) is 10.7. The molecule has 52 heavy (non-hydrogen) atoms. The molecule has 0 bridgehead atoms. The van der Waals surface area contributed by atoms with Crippen LogP contribution in [-0.2, 0) is 42.8 Å². The van der Waals surface area contributed by atoms with Crippen LogP contribution in [0.4, 0.5) is 13.2 Å². The summed E-state index contributed by atoms with van der Waals surface area (Å²) >= 11 is 0. The molecule has 19 heteroatoms. The number of ether oxygens (including phenoxy) is 6. The summed E-state index contributed by atoms with van der Waals surface area (Å²) in [4.78, 5) is 37.6. The van der Waals surface area contributed by atoms with Crippen LogP contribution in [-0.4, -0.2) is 148 Å². The van der Waals surface area contributed by atoms with Crippen molar-refractivity contribution in [3.8, 4) is 0 Å². The van der Waals surface area contributed by atoms with Gasteiger partial charge in [0, 0.05) is 0 Å². The molecule has 2 aliphatic heterocycles.